The summed E-state index contributed by atoms with van der Waals surface area (Å²) in [6.45, 7) is 2.99. The lowest BCUT2D eigenvalue weighted by molar-refractivity contribution is 0.713. The zero-order valence-corrected chi connectivity index (χ0v) is 8.01. The predicted octanol–water partition coefficient (Wildman–Crippen LogP) is 1.90. The molecule has 13 heavy (non-hydrogen) atoms. The summed E-state index contributed by atoms with van der Waals surface area (Å²) in [7, 11) is 0. The fourth-order valence-corrected chi connectivity index (χ4v) is 1.29. The van der Waals surface area contributed by atoms with Crippen molar-refractivity contribution in [2.75, 3.05) is 11.9 Å². The quantitative estimate of drug-likeness (QED) is 0.738. The monoisotopic (exact) mass is 176 g/mol. The van der Waals surface area contributed by atoms with Crippen molar-refractivity contribution < 1.29 is 0 Å². The molecule has 1 fully saturated rings. The van der Waals surface area contributed by atoms with Gasteiger partial charge in [-0.3, -0.25) is 0 Å². The molecule has 0 amide bonds. The number of rotatable bonds is 3. The van der Waals surface area contributed by atoms with Crippen LogP contribution >= 0.6 is 0 Å². The summed E-state index contributed by atoms with van der Waals surface area (Å²) < 4.78 is 0. The van der Waals surface area contributed by atoms with Crippen molar-refractivity contribution in [2.45, 2.75) is 25.3 Å². The molecule has 0 spiro atoms. The number of hydrogen-bond donors (Lipinski definition) is 2. The minimum Gasteiger partial charge on any atom is -0.383 e. The Morgan fingerprint density at radius 2 is 1.92 bits per heavy atom. The molecule has 0 unspecified atom stereocenters. The first-order chi connectivity index (χ1) is 6.18. The van der Waals surface area contributed by atoms with Gasteiger partial charge in [0.15, 0.2) is 0 Å². The van der Waals surface area contributed by atoms with E-state index in [9.17, 15) is 0 Å². The van der Waals surface area contributed by atoms with Gasteiger partial charge in [-0.2, -0.15) is 0 Å². The largest absolute Gasteiger partial charge is 0.383 e. The van der Waals surface area contributed by atoms with E-state index in [1.165, 1.54) is 11.3 Å². The second-order valence-corrected chi connectivity index (χ2v) is 4.08. The summed E-state index contributed by atoms with van der Waals surface area (Å²) in [5, 5.41) is 3.35. The molecule has 0 bridgehead atoms. The molecule has 1 saturated carbocycles. The molecule has 1 aromatic carbocycles. The van der Waals surface area contributed by atoms with Crippen molar-refractivity contribution in [3.8, 4) is 0 Å². The van der Waals surface area contributed by atoms with Crippen molar-refractivity contribution in [1.29, 1.82) is 0 Å². The summed E-state index contributed by atoms with van der Waals surface area (Å²) >= 11 is 0. The number of nitrogens with one attached hydrogen (secondary N) is 1. The third kappa shape index (κ3) is 2.22. The average Bonchev–Trinajstić information content (AvgIpc) is 2.84. The fraction of sp³-hybridized carbons (Fsp3) is 0.455. The molecule has 3 N–H and O–H groups in total. The van der Waals surface area contributed by atoms with Crippen LogP contribution in [0.1, 0.15) is 18.4 Å². The number of anilines is 1. The second-order valence-electron chi connectivity index (χ2n) is 4.08. The Morgan fingerprint density at radius 3 is 2.46 bits per heavy atom. The van der Waals surface area contributed by atoms with E-state index < -0.39 is 0 Å². The lowest BCUT2D eigenvalue weighted by atomic mass is 10.2. The summed E-state index contributed by atoms with van der Waals surface area (Å²) in [5.41, 5.74) is 8.51. The van der Waals surface area contributed by atoms with Gasteiger partial charge in [-0.15, -0.1) is 0 Å². The van der Waals surface area contributed by atoms with Gasteiger partial charge < -0.3 is 11.1 Å². The zero-order chi connectivity index (χ0) is 9.31. The van der Waals surface area contributed by atoms with Gasteiger partial charge in [-0.25, -0.2) is 0 Å². The molecule has 2 nitrogen and oxygen atoms in total. The van der Waals surface area contributed by atoms with Gasteiger partial charge in [0, 0.05) is 17.8 Å². The van der Waals surface area contributed by atoms with Crippen LogP contribution in [-0.4, -0.2) is 12.1 Å². The van der Waals surface area contributed by atoms with Gasteiger partial charge in [-0.1, -0.05) is 17.7 Å². The highest BCUT2D eigenvalue weighted by Gasteiger charge is 2.37. The maximum absolute atomic E-state index is 5.96. The van der Waals surface area contributed by atoms with Gasteiger partial charge in [0.05, 0.1) is 0 Å². The topological polar surface area (TPSA) is 38.0 Å². The van der Waals surface area contributed by atoms with Crippen molar-refractivity contribution in [3.05, 3.63) is 29.8 Å². The van der Waals surface area contributed by atoms with Crippen molar-refractivity contribution in [2.24, 2.45) is 5.73 Å². The molecule has 2 heteroatoms. The number of benzene rings is 1. The SMILES string of the molecule is Cc1ccc(NCC2(N)CC2)cc1. The number of nitrogens with two attached hydrogens (primary N) is 1. The molecule has 1 aliphatic carbocycles. The molecule has 0 atom stereocenters. The van der Waals surface area contributed by atoms with Crippen molar-refractivity contribution in [3.63, 3.8) is 0 Å². The van der Waals surface area contributed by atoms with Crippen molar-refractivity contribution >= 4 is 5.69 Å². The predicted molar refractivity (Wildman–Crippen MR) is 55.8 cm³/mol. The van der Waals surface area contributed by atoms with E-state index in [4.69, 9.17) is 5.73 Å². The van der Waals surface area contributed by atoms with Gasteiger partial charge in [0.1, 0.15) is 0 Å². The van der Waals surface area contributed by atoms with Gasteiger partial charge in [0.25, 0.3) is 0 Å². The first-order valence-corrected chi connectivity index (χ1v) is 4.77. The van der Waals surface area contributed by atoms with Crippen LogP contribution in [-0.2, 0) is 0 Å². The highest BCUT2D eigenvalue weighted by molar-refractivity contribution is 5.45. The standard InChI is InChI=1S/C11H16N2/c1-9-2-4-10(5-3-9)13-8-11(12)6-7-11/h2-5,13H,6-8,12H2,1H3. The Hall–Kier alpha value is -1.02. The number of hydrogen-bond acceptors (Lipinski definition) is 2. The Kier molecular flexibility index (Phi) is 2.00. The maximum atomic E-state index is 5.96. The Morgan fingerprint density at radius 1 is 1.31 bits per heavy atom. The normalized spacial score (nSPS) is 18.3. The summed E-state index contributed by atoms with van der Waals surface area (Å²) in [4.78, 5) is 0. The fourth-order valence-electron chi connectivity index (χ4n) is 1.29. The van der Waals surface area contributed by atoms with Crippen LogP contribution in [0.2, 0.25) is 0 Å². The van der Waals surface area contributed by atoms with Crippen LogP contribution in [0.15, 0.2) is 24.3 Å². The van der Waals surface area contributed by atoms with Gasteiger partial charge >= 0.3 is 0 Å². The second kappa shape index (κ2) is 3.04. The lowest BCUT2D eigenvalue weighted by Crippen LogP contribution is -2.30. The van der Waals surface area contributed by atoms with Crippen LogP contribution < -0.4 is 11.1 Å². The van der Waals surface area contributed by atoms with E-state index in [-0.39, 0.29) is 5.54 Å². The van der Waals surface area contributed by atoms with Gasteiger partial charge in [-0.05, 0) is 31.9 Å². The lowest BCUT2D eigenvalue weighted by Gasteiger charge is -2.11. The van der Waals surface area contributed by atoms with E-state index in [1.807, 2.05) is 0 Å². The molecule has 0 aromatic heterocycles. The van der Waals surface area contributed by atoms with Crippen LogP contribution in [0.4, 0.5) is 5.69 Å². The third-order valence-corrected chi connectivity index (χ3v) is 2.59. The molecule has 0 saturated heterocycles. The average molecular weight is 176 g/mol. The molecule has 0 heterocycles. The summed E-state index contributed by atoms with van der Waals surface area (Å²) in [6, 6.07) is 8.42. The van der Waals surface area contributed by atoms with E-state index in [2.05, 4.69) is 36.5 Å². The molecule has 1 aliphatic rings. The van der Waals surface area contributed by atoms with Crippen LogP contribution in [0.25, 0.3) is 0 Å². The maximum Gasteiger partial charge on any atom is 0.0340 e. The summed E-state index contributed by atoms with van der Waals surface area (Å²) in [5.74, 6) is 0. The van der Waals surface area contributed by atoms with Crippen LogP contribution in [0.5, 0.6) is 0 Å². The van der Waals surface area contributed by atoms with E-state index in [1.54, 1.807) is 0 Å². The van der Waals surface area contributed by atoms with E-state index in [0.29, 0.717) is 0 Å². The Balaban J connectivity index is 1.91. The first-order valence-electron chi connectivity index (χ1n) is 4.77. The Labute approximate surface area is 79.1 Å². The molecule has 0 radical (unpaired) electrons. The highest BCUT2D eigenvalue weighted by atomic mass is 15.0. The molecule has 1 aromatic rings. The van der Waals surface area contributed by atoms with Gasteiger partial charge in [0.2, 0.25) is 0 Å². The first kappa shape index (κ1) is 8.57. The molecule has 70 valence electrons. The van der Waals surface area contributed by atoms with E-state index >= 15 is 0 Å². The summed E-state index contributed by atoms with van der Waals surface area (Å²) in [6.07, 6.45) is 2.32. The highest BCUT2D eigenvalue weighted by Crippen LogP contribution is 2.32. The molecule has 0 aliphatic heterocycles. The third-order valence-electron chi connectivity index (χ3n) is 2.59. The smallest absolute Gasteiger partial charge is 0.0340 e. The van der Waals surface area contributed by atoms with Crippen LogP contribution in [0, 0.1) is 6.92 Å². The molecular formula is C11H16N2. The zero-order valence-electron chi connectivity index (χ0n) is 8.01. The van der Waals surface area contributed by atoms with Crippen molar-refractivity contribution in [1.82, 2.24) is 0 Å². The van der Waals surface area contributed by atoms with E-state index in [0.717, 1.165) is 19.4 Å². The Bertz CT molecular complexity index is 285. The molecular weight excluding hydrogens is 160 g/mol. The minimum atomic E-state index is 0.0882. The molecule has 2 rings (SSSR count). The van der Waals surface area contributed by atoms with Crippen LogP contribution in [0.3, 0.4) is 0 Å². The number of aryl methyl sites for hydroxylation is 1. The minimum absolute atomic E-state index is 0.0882.